The molecule has 0 bridgehead atoms. The average Bonchev–Trinajstić information content (AvgIpc) is 2.52. The van der Waals surface area contributed by atoms with Gasteiger partial charge in [0.2, 0.25) is 0 Å². The van der Waals surface area contributed by atoms with Crippen molar-refractivity contribution in [2.24, 2.45) is 5.41 Å². The molecule has 116 valence electrons. The van der Waals surface area contributed by atoms with E-state index in [1.807, 2.05) is 6.07 Å². The number of nitriles is 1. The number of rotatable bonds is 9. The van der Waals surface area contributed by atoms with Gasteiger partial charge in [-0.1, -0.05) is 26.7 Å². The number of hydrogen-bond acceptors (Lipinski definition) is 4. The van der Waals surface area contributed by atoms with Crippen LogP contribution in [0.5, 0.6) is 11.5 Å². The van der Waals surface area contributed by atoms with Gasteiger partial charge in [-0.25, -0.2) is 0 Å². The normalized spacial score (nSPS) is 11.0. The molecule has 3 nitrogen and oxygen atoms in total. The molecule has 21 heavy (non-hydrogen) atoms. The first-order valence-electron chi connectivity index (χ1n) is 7.46. The molecule has 1 aromatic rings. The van der Waals surface area contributed by atoms with Crippen LogP contribution >= 0.6 is 12.6 Å². The zero-order chi connectivity index (χ0) is 15.7. The molecule has 0 unspecified atom stereocenters. The zero-order valence-electron chi connectivity index (χ0n) is 13.2. The van der Waals surface area contributed by atoms with E-state index in [1.165, 1.54) is 0 Å². The summed E-state index contributed by atoms with van der Waals surface area (Å²) >= 11 is 4.54. The number of nitrogens with zero attached hydrogens (tertiary/aromatic N) is 1. The van der Waals surface area contributed by atoms with Gasteiger partial charge >= 0.3 is 0 Å². The van der Waals surface area contributed by atoms with Crippen LogP contribution in [0.15, 0.2) is 18.2 Å². The molecule has 0 saturated heterocycles. The van der Waals surface area contributed by atoms with Crippen molar-refractivity contribution >= 4 is 12.6 Å². The lowest BCUT2D eigenvalue weighted by Crippen LogP contribution is -2.30. The van der Waals surface area contributed by atoms with Crippen molar-refractivity contribution in [3.63, 3.8) is 0 Å². The average molecular weight is 307 g/mol. The molecule has 0 radical (unpaired) electrons. The Hall–Kier alpha value is -1.34. The van der Waals surface area contributed by atoms with E-state index in [9.17, 15) is 0 Å². The van der Waals surface area contributed by atoms with Crippen molar-refractivity contribution in [1.82, 2.24) is 0 Å². The van der Waals surface area contributed by atoms with Crippen LogP contribution in [0.1, 0.15) is 45.1 Å². The van der Waals surface area contributed by atoms with Gasteiger partial charge in [-0.3, -0.25) is 0 Å². The van der Waals surface area contributed by atoms with Crippen molar-refractivity contribution in [1.29, 1.82) is 5.26 Å². The molecule has 0 aliphatic heterocycles. The third kappa shape index (κ3) is 5.17. The molecule has 0 fully saturated rings. The first-order chi connectivity index (χ1) is 10.1. The number of methoxy groups -OCH3 is 1. The molecule has 0 amide bonds. The fourth-order valence-corrected chi connectivity index (χ4v) is 3.02. The molecule has 1 rings (SSSR count). The SMILES string of the molecule is CCCC(CS)(CCC)COc1cc(C#N)cc(OC)c1. The van der Waals surface area contributed by atoms with E-state index in [2.05, 4.69) is 32.5 Å². The highest BCUT2D eigenvalue weighted by Crippen LogP contribution is 2.33. The molecule has 0 N–H and O–H groups in total. The minimum atomic E-state index is 0.0997. The standard InChI is InChI=1S/C17H25NO2S/c1-4-6-17(13-21,7-5-2)12-20-16-9-14(11-18)8-15(10-16)19-3/h8-10,21H,4-7,12-13H2,1-3H3. The Morgan fingerprint density at radius 2 is 1.76 bits per heavy atom. The summed E-state index contributed by atoms with van der Waals surface area (Å²) in [6, 6.07) is 7.41. The fourth-order valence-electron chi connectivity index (χ4n) is 2.61. The summed E-state index contributed by atoms with van der Waals surface area (Å²) in [4.78, 5) is 0. The molecule has 0 aliphatic carbocycles. The molecule has 4 heteroatoms. The maximum absolute atomic E-state index is 9.05. The van der Waals surface area contributed by atoms with Gasteiger partial charge in [0, 0.05) is 11.5 Å². The summed E-state index contributed by atoms with van der Waals surface area (Å²) in [6.45, 7) is 5.00. The lowest BCUT2D eigenvalue weighted by molar-refractivity contribution is 0.143. The van der Waals surface area contributed by atoms with Gasteiger partial charge in [0.15, 0.2) is 0 Å². The Labute approximate surface area is 133 Å². The summed E-state index contributed by atoms with van der Waals surface area (Å²) in [7, 11) is 1.59. The fraction of sp³-hybridized carbons (Fsp3) is 0.588. The topological polar surface area (TPSA) is 42.2 Å². The number of hydrogen-bond donors (Lipinski definition) is 1. The Kier molecular flexibility index (Phi) is 7.45. The monoisotopic (exact) mass is 307 g/mol. The molecule has 0 saturated carbocycles. The molecule has 0 spiro atoms. The molecule has 0 heterocycles. The van der Waals surface area contributed by atoms with Crippen LogP contribution < -0.4 is 9.47 Å². The van der Waals surface area contributed by atoms with Crippen molar-refractivity contribution in [2.45, 2.75) is 39.5 Å². The van der Waals surface area contributed by atoms with Crippen LogP contribution in [-0.2, 0) is 0 Å². The molecule has 0 aromatic heterocycles. The first-order valence-corrected chi connectivity index (χ1v) is 8.09. The lowest BCUT2D eigenvalue weighted by atomic mass is 9.82. The van der Waals surface area contributed by atoms with E-state index < -0.39 is 0 Å². The summed E-state index contributed by atoms with van der Waals surface area (Å²) in [5, 5.41) is 9.05. The van der Waals surface area contributed by atoms with E-state index in [-0.39, 0.29) is 5.41 Å². The molecule has 1 aromatic carbocycles. The Morgan fingerprint density at radius 3 is 2.24 bits per heavy atom. The number of benzene rings is 1. The molecule has 0 atom stereocenters. The van der Waals surface area contributed by atoms with Crippen LogP contribution in [0.3, 0.4) is 0 Å². The minimum Gasteiger partial charge on any atom is -0.497 e. The lowest BCUT2D eigenvalue weighted by Gasteiger charge is -2.31. The van der Waals surface area contributed by atoms with E-state index >= 15 is 0 Å². The zero-order valence-corrected chi connectivity index (χ0v) is 14.1. The van der Waals surface area contributed by atoms with Gasteiger partial charge in [0.05, 0.1) is 25.3 Å². The van der Waals surface area contributed by atoms with Crippen molar-refractivity contribution in [3.8, 4) is 17.6 Å². The van der Waals surface area contributed by atoms with E-state index in [0.717, 1.165) is 31.4 Å². The summed E-state index contributed by atoms with van der Waals surface area (Å²) < 4.78 is 11.2. The smallest absolute Gasteiger partial charge is 0.124 e. The maximum Gasteiger partial charge on any atom is 0.124 e. The molecular weight excluding hydrogens is 282 g/mol. The quantitative estimate of drug-likeness (QED) is 0.685. The van der Waals surface area contributed by atoms with Crippen LogP contribution in [0, 0.1) is 16.7 Å². The minimum absolute atomic E-state index is 0.0997. The number of thiol groups is 1. The highest BCUT2D eigenvalue weighted by molar-refractivity contribution is 7.80. The van der Waals surface area contributed by atoms with Crippen LogP contribution in [0.25, 0.3) is 0 Å². The number of ether oxygens (including phenoxy) is 2. The van der Waals surface area contributed by atoms with Crippen molar-refractivity contribution < 1.29 is 9.47 Å². The van der Waals surface area contributed by atoms with E-state index in [4.69, 9.17) is 14.7 Å². The Morgan fingerprint density at radius 1 is 1.14 bits per heavy atom. The van der Waals surface area contributed by atoms with E-state index in [1.54, 1.807) is 19.2 Å². The van der Waals surface area contributed by atoms with Crippen LogP contribution in [0.4, 0.5) is 0 Å². The second-order valence-electron chi connectivity index (χ2n) is 5.46. The first kappa shape index (κ1) is 17.7. The highest BCUT2D eigenvalue weighted by atomic mass is 32.1. The van der Waals surface area contributed by atoms with Gasteiger partial charge in [-0.05, 0) is 30.7 Å². The van der Waals surface area contributed by atoms with E-state index in [0.29, 0.717) is 23.7 Å². The third-order valence-corrected chi connectivity index (χ3v) is 4.36. The van der Waals surface area contributed by atoms with Crippen LogP contribution in [-0.4, -0.2) is 19.5 Å². The van der Waals surface area contributed by atoms with Gasteiger partial charge in [0.25, 0.3) is 0 Å². The predicted molar refractivity (Wildman–Crippen MR) is 89.3 cm³/mol. The molecular formula is C17H25NO2S. The summed E-state index contributed by atoms with van der Waals surface area (Å²) in [5.41, 5.74) is 0.648. The Balaban J connectivity index is 2.86. The van der Waals surface area contributed by atoms with Gasteiger partial charge in [0.1, 0.15) is 11.5 Å². The third-order valence-electron chi connectivity index (χ3n) is 3.69. The second-order valence-corrected chi connectivity index (χ2v) is 5.77. The maximum atomic E-state index is 9.05. The van der Waals surface area contributed by atoms with Crippen molar-refractivity contribution in [2.75, 3.05) is 19.5 Å². The van der Waals surface area contributed by atoms with Gasteiger partial charge in [-0.2, -0.15) is 17.9 Å². The Bertz CT molecular complexity index is 476. The summed E-state index contributed by atoms with van der Waals surface area (Å²) in [5.74, 6) is 2.14. The second kappa shape index (κ2) is 8.84. The molecule has 0 aliphatic rings. The predicted octanol–water partition coefficient (Wildman–Crippen LogP) is 4.46. The van der Waals surface area contributed by atoms with Crippen molar-refractivity contribution in [3.05, 3.63) is 23.8 Å². The summed E-state index contributed by atoms with van der Waals surface area (Å²) in [6.07, 6.45) is 4.43. The highest BCUT2D eigenvalue weighted by Gasteiger charge is 2.28. The largest absolute Gasteiger partial charge is 0.497 e. The van der Waals surface area contributed by atoms with Gasteiger partial charge < -0.3 is 9.47 Å². The van der Waals surface area contributed by atoms with Gasteiger partial charge in [-0.15, -0.1) is 0 Å². The van der Waals surface area contributed by atoms with Crippen LogP contribution in [0.2, 0.25) is 0 Å².